The second-order valence-electron chi connectivity index (χ2n) is 5.89. The Balaban J connectivity index is 1.63. The maximum absolute atomic E-state index is 12.7. The van der Waals surface area contributed by atoms with E-state index in [0.717, 1.165) is 5.56 Å². The average Bonchev–Trinajstić information content (AvgIpc) is 3.24. The lowest BCUT2D eigenvalue weighted by Gasteiger charge is -2.05. The van der Waals surface area contributed by atoms with E-state index in [4.69, 9.17) is 16.0 Å². The molecule has 0 bridgehead atoms. The van der Waals surface area contributed by atoms with Crippen molar-refractivity contribution in [1.29, 1.82) is 0 Å². The summed E-state index contributed by atoms with van der Waals surface area (Å²) in [7, 11) is -3.89. The van der Waals surface area contributed by atoms with Crippen molar-refractivity contribution in [1.82, 2.24) is 9.55 Å². The van der Waals surface area contributed by atoms with Crippen LogP contribution in [0.1, 0.15) is 6.92 Å². The van der Waals surface area contributed by atoms with Crippen LogP contribution in [0.15, 0.2) is 62.0 Å². The van der Waals surface area contributed by atoms with Gasteiger partial charge in [-0.1, -0.05) is 23.7 Å². The number of benzene rings is 2. The summed E-state index contributed by atoms with van der Waals surface area (Å²) < 4.78 is 34.4. The highest BCUT2D eigenvalue weighted by Crippen LogP contribution is 2.28. The van der Waals surface area contributed by atoms with Gasteiger partial charge in [-0.15, -0.1) is 11.3 Å². The number of aryl methyl sites for hydroxylation is 1. The lowest BCUT2D eigenvalue weighted by atomic mass is 10.2. The van der Waals surface area contributed by atoms with Gasteiger partial charge in [0.2, 0.25) is 0 Å². The van der Waals surface area contributed by atoms with Crippen LogP contribution in [0.25, 0.3) is 22.4 Å². The first-order valence-electron chi connectivity index (χ1n) is 8.25. The van der Waals surface area contributed by atoms with Crippen LogP contribution in [-0.2, 0) is 16.6 Å². The molecule has 7 nitrogen and oxygen atoms in total. The second kappa shape index (κ2) is 7.08. The van der Waals surface area contributed by atoms with Gasteiger partial charge in [-0.05, 0) is 31.2 Å². The van der Waals surface area contributed by atoms with Gasteiger partial charge in [-0.3, -0.25) is 9.29 Å². The van der Waals surface area contributed by atoms with Gasteiger partial charge in [-0.2, -0.15) is 0 Å². The zero-order chi connectivity index (χ0) is 19.9. The van der Waals surface area contributed by atoms with Crippen molar-refractivity contribution in [2.45, 2.75) is 18.4 Å². The first-order chi connectivity index (χ1) is 13.4. The van der Waals surface area contributed by atoms with E-state index < -0.39 is 15.8 Å². The minimum atomic E-state index is -3.89. The van der Waals surface area contributed by atoms with Gasteiger partial charge in [0.25, 0.3) is 10.0 Å². The largest absolute Gasteiger partial charge is 0.419 e. The normalized spacial score (nSPS) is 11.8. The molecule has 1 N–H and O–H groups in total. The molecule has 4 aromatic rings. The molecular formula is C18H14ClN3O4S2. The molecule has 2 aromatic carbocycles. The average molecular weight is 436 g/mol. The molecule has 0 saturated heterocycles. The standard InChI is InChI=1S/C18H14ClN3O4S2/c1-2-22-15-8-7-13(9-16(15)26-18(22)23)28(24,25)21-17-20-14(10-27-17)11-3-5-12(19)6-4-11/h3-10H,2H2,1H3,(H,20,21). The maximum atomic E-state index is 12.7. The van der Waals surface area contributed by atoms with Crippen molar-refractivity contribution >= 4 is 49.2 Å². The van der Waals surface area contributed by atoms with Crippen LogP contribution in [0.5, 0.6) is 0 Å². The van der Waals surface area contributed by atoms with Crippen molar-refractivity contribution in [3.05, 3.63) is 63.4 Å². The Kier molecular flexibility index (Phi) is 4.74. The molecule has 10 heteroatoms. The third kappa shape index (κ3) is 3.44. The Morgan fingerprint density at radius 2 is 1.96 bits per heavy atom. The number of halogens is 1. The number of nitrogens with zero attached hydrogens (tertiary/aromatic N) is 2. The maximum Gasteiger partial charge on any atom is 0.419 e. The molecule has 0 aliphatic rings. The van der Waals surface area contributed by atoms with Crippen molar-refractivity contribution < 1.29 is 12.8 Å². The zero-order valence-electron chi connectivity index (χ0n) is 14.5. The predicted molar refractivity (Wildman–Crippen MR) is 110 cm³/mol. The molecular weight excluding hydrogens is 422 g/mol. The van der Waals surface area contributed by atoms with E-state index in [-0.39, 0.29) is 15.6 Å². The number of anilines is 1. The number of nitrogens with one attached hydrogen (secondary N) is 1. The summed E-state index contributed by atoms with van der Waals surface area (Å²) in [6, 6.07) is 11.4. The summed E-state index contributed by atoms with van der Waals surface area (Å²) in [4.78, 5) is 16.1. The monoisotopic (exact) mass is 435 g/mol. The van der Waals surface area contributed by atoms with Gasteiger partial charge in [0.1, 0.15) is 0 Å². The molecule has 0 atom stereocenters. The molecule has 0 radical (unpaired) electrons. The van der Waals surface area contributed by atoms with E-state index in [0.29, 0.717) is 22.8 Å². The van der Waals surface area contributed by atoms with Gasteiger partial charge in [0, 0.05) is 28.6 Å². The molecule has 28 heavy (non-hydrogen) atoms. The van der Waals surface area contributed by atoms with Gasteiger partial charge >= 0.3 is 5.76 Å². The van der Waals surface area contributed by atoms with E-state index >= 15 is 0 Å². The Hall–Kier alpha value is -2.62. The smallest absolute Gasteiger partial charge is 0.408 e. The quantitative estimate of drug-likeness (QED) is 0.507. The zero-order valence-corrected chi connectivity index (χ0v) is 16.9. The predicted octanol–water partition coefficient (Wildman–Crippen LogP) is 4.19. The summed E-state index contributed by atoms with van der Waals surface area (Å²) in [6.45, 7) is 2.24. The van der Waals surface area contributed by atoms with E-state index in [9.17, 15) is 13.2 Å². The second-order valence-corrected chi connectivity index (χ2v) is 8.87. The van der Waals surface area contributed by atoms with Crippen LogP contribution < -0.4 is 10.5 Å². The van der Waals surface area contributed by atoms with Crippen molar-refractivity contribution in [3.63, 3.8) is 0 Å². The highest BCUT2D eigenvalue weighted by molar-refractivity contribution is 7.93. The number of aromatic nitrogens is 2. The Morgan fingerprint density at radius 1 is 1.21 bits per heavy atom. The van der Waals surface area contributed by atoms with Crippen LogP contribution in [0, 0.1) is 0 Å². The summed E-state index contributed by atoms with van der Waals surface area (Å²) in [5, 5.41) is 2.60. The van der Waals surface area contributed by atoms with E-state index in [2.05, 4.69) is 9.71 Å². The summed E-state index contributed by atoms with van der Waals surface area (Å²) >= 11 is 7.06. The minimum Gasteiger partial charge on any atom is -0.408 e. The number of hydrogen-bond donors (Lipinski definition) is 1. The summed E-state index contributed by atoms with van der Waals surface area (Å²) in [5.41, 5.74) is 2.23. The lowest BCUT2D eigenvalue weighted by molar-refractivity contribution is 0.512. The Morgan fingerprint density at radius 3 is 2.68 bits per heavy atom. The fourth-order valence-corrected chi connectivity index (χ4v) is 4.87. The van der Waals surface area contributed by atoms with E-state index in [1.54, 1.807) is 23.6 Å². The van der Waals surface area contributed by atoms with Crippen LogP contribution >= 0.6 is 22.9 Å². The van der Waals surface area contributed by atoms with Gasteiger partial charge < -0.3 is 4.42 Å². The van der Waals surface area contributed by atoms with Gasteiger partial charge in [0.15, 0.2) is 10.7 Å². The van der Waals surface area contributed by atoms with Crippen LogP contribution in [0.4, 0.5) is 5.13 Å². The molecule has 0 spiro atoms. The Bertz CT molecular complexity index is 1320. The summed E-state index contributed by atoms with van der Waals surface area (Å²) in [5.74, 6) is -0.521. The molecule has 0 aliphatic carbocycles. The third-order valence-corrected chi connectivity index (χ3v) is 6.61. The van der Waals surface area contributed by atoms with Crippen LogP contribution in [0.3, 0.4) is 0 Å². The van der Waals surface area contributed by atoms with Gasteiger partial charge in [-0.25, -0.2) is 18.2 Å². The molecule has 0 saturated carbocycles. The number of hydrogen-bond acceptors (Lipinski definition) is 6. The van der Waals surface area contributed by atoms with Crippen LogP contribution in [-0.4, -0.2) is 18.0 Å². The molecule has 0 fully saturated rings. The number of fused-ring (bicyclic) bond motifs is 1. The molecule has 2 heterocycles. The van der Waals surface area contributed by atoms with E-state index in [1.807, 2.05) is 19.1 Å². The number of oxazole rings is 1. The highest BCUT2D eigenvalue weighted by Gasteiger charge is 2.19. The topological polar surface area (TPSA) is 94.2 Å². The summed E-state index contributed by atoms with van der Waals surface area (Å²) in [6.07, 6.45) is 0. The SMILES string of the molecule is CCn1c(=O)oc2cc(S(=O)(=O)Nc3nc(-c4ccc(Cl)cc4)cs3)ccc21. The van der Waals surface area contributed by atoms with Crippen molar-refractivity contribution in [2.24, 2.45) is 0 Å². The van der Waals surface area contributed by atoms with Crippen LogP contribution in [0.2, 0.25) is 5.02 Å². The minimum absolute atomic E-state index is 0.0137. The molecule has 0 unspecified atom stereocenters. The fourth-order valence-electron chi connectivity index (χ4n) is 2.76. The molecule has 0 amide bonds. The number of sulfonamides is 1. The third-order valence-electron chi connectivity index (χ3n) is 4.13. The number of thiazole rings is 1. The van der Waals surface area contributed by atoms with Crippen molar-refractivity contribution in [2.75, 3.05) is 4.72 Å². The molecule has 0 aliphatic heterocycles. The Labute approximate surface area is 169 Å². The number of rotatable bonds is 5. The van der Waals surface area contributed by atoms with Gasteiger partial charge in [0.05, 0.1) is 16.1 Å². The first-order valence-corrected chi connectivity index (χ1v) is 11.0. The van der Waals surface area contributed by atoms with Crippen molar-refractivity contribution in [3.8, 4) is 11.3 Å². The lowest BCUT2D eigenvalue weighted by Crippen LogP contribution is -2.13. The van der Waals surface area contributed by atoms with E-state index in [1.165, 1.54) is 28.0 Å². The highest BCUT2D eigenvalue weighted by atomic mass is 35.5. The molecule has 144 valence electrons. The molecule has 2 aromatic heterocycles. The fraction of sp³-hybridized carbons (Fsp3) is 0.111. The molecule has 4 rings (SSSR count). The first kappa shape index (κ1) is 18.7.